The van der Waals surface area contributed by atoms with Gasteiger partial charge in [-0.05, 0) is 0 Å². The maximum absolute atomic E-state index is 3.55. The third-order valence-corrected chi connectivity index (χ3v) is 0.565. The molecule has 0 amide bonds. The standard InChI is InChI=1S/C4H9N2.CH3.H2N.2Zn/c1-4-6(3)5-2;;;;/h1-2,4H2,3H3;1H3;1H2;;/q3*-1;;. The van der Waals surface area contributed by atoms with E-state index in [1.165, 1.54) is 0 Å². The number of nitrogens with zero attached hydrogens (tertiary/aromatic N) is 2. The van der Waals surface area contributed by atoms with Crippen LogP contribution >= 0.6 is 0 Å². The maximum Gasteiger partial charge on any atom is 0.0216 e. The molecule has 0 aromatic heterocycles. The van der Waals surface area contributed by atoms with Crippen LogP contribution in [0, 0.1) is 14.4 Å². The van der Waals surface area contributed by atoms with Crippen LogP contribution in [0.3, 0.4) is 0 Å². The van der Waals surface area contributed by atoms with Gasteiger partial charge in [0.2, 0.25) is 0 Å². The van der Waals surface area contributed by atoms with Crippen molar-refractivity contribution in [3.8, 4) is 0 Å². The van der Waals surface area contributed by atoms with E-state index in [4.69, 9.17) is 0 Å². The Balaban J connectivity index is -0.0000000208. The fraction of sp³-hybridized carbons (Fsp3) is 0.400. The zero-order valence-electron chi connectivity index (χ0n) is 7.01. The first-order valence-corrected chi connectivity index (χ1v) is 1.78. The van der Waals surface area contributed by atoms with Crippen molar-refractivity contribution in [2.75, 3.05) is 13.6 Å². The molecular formula is C5H14N3Zn2-3. The van der Waals surface area contributed by atoms with E-state index in [1.54, 1.807) is 5.01 Å². The molecule has 0 saturated heterocycles. The fourth-order valence-corrected chi connectivity index (χ4v) is 0.0707. The van der Waals surface area contributed by atoms with Crippen molar-refractivity contribution in [1.82, 2.24) is 5.01 Å². The fourth-order valence-electron chi connectivity index (χ4n) is 0.0707. The molecule has 0 radical (unpaired) electrons. The van der Waals surface area contributed by atoms with Gasteiger partial charge in [-0.1, -0.05) is 6.54 Å². The zero-order valence-corrected chi connectivity index (χ0v) is 12.9. The van der Waals surface area contributed by atoms with Crippen LogP contribution in [0.1, 0.15) is 0 Å². The molecule has 0 aliphatic rings. The number of rotatable bonds is 2. The Morgan fingerprint density at radius 2 is 1.80 bits per heavy atom. The van der Waals surface area contributed by atoms with Crippen molar-refractivity contribution in [3.05, 3.63) is 20.5 Å². The van der Waals surface area contributed by atoms with E-state index in [9.17, 15) is 0 Å². The summed E-state index contributed by atoms with van der Waals surface area (Å²) in [4.78, 5) is 0. The average Bonchev–Trinajstić information content (AvgIpc) is 1.65. The molecule has 3 nitrogen and oxygen atoms in total. The molecular weight excluding hydrogens is 233 g/mol. The van der Waals surface area contributed by atoms with Crippen molar-refractivity contribution < 1.29 is 39.0 Å². The first kappa shape index (κ1) is 31.0. The van der Waals surface area contributed by atoms with Gasteiger partial charge >= 0.3 is 0 Å². The van der Waals surface area contributed by atoms with E-state index in [2.05, 4.69) is 18.7 Å². The SMILES string of the molecule is C=NN(C)C[CH2-].[CH3-].[NH2-].[Zn].[Zn]. The number of hydrogen-bond donors (Lipinski definition) is 0. The van der Waals surface area contributed by atoms with E-state index in [0.717, 1.165) is 0 Å². The van der Waals surface area contributed by atoms with Crippen molar-refractivity contribution in [2.24, 2.45) is 5.10 Å². The summed E-state index contributed by atoms with van der Waals surface area (Å²) in [5.74, 6) is 0. The largest absolute Gasteiger partial charge is 0.693 e. The molecule has 0 aliphatic carbocycles. The number of hydrazone groups is 1. The average molecular weight is 247 g/mol. The van der Waals surface area contributed by atoms with E-state index in [1.807, 2.05) is 7.05 Å². The van der Waals surface area contributed by atoms with Gasteiger partial charge in [0.05, 0.1) is 0 Å². The number of nitrogens with two attached hydrogens (primary N) is 1. The van der Waals surface area contributed by atoms with Crippen LogP contribution in [0.2, 0.25) is 0 Å². The minimum Gasteiger partial charge on any atom is -0.693 e. The Bertz CT molecular complexity index is 52.2. The summed E-state index contributed by atoms with van der Waals surface area (Å²) in [6, 6.07) is 0. The van der Waals surface area contributed by atoms with Crippen LogP contribution in [0.15, 0.2) is 5.10 Å². The van der Waals surface area contributed by atoms with E-state index in [0.29, 0.717) is 6.54 Å². The van der Waals surface area contributed by atoms with Crippen LogP contribution < -0.4 is 0 Å². The summed E-state index contributed by atoms with van der Waals surface area (Å²) in [5, 5.41) is 5.18. The Labute approximate surface area is 89.7 Å². The van der Waals surface area contributed by atoms with Crippen molar-refractivity contribution in [3.63, 3.8) is 0 Å². The van der Waals surface area contributed by atoms with E-state index < -0.39 is 0 Å². The van der Waals surface area contributed by atoms with Gasteiger partial charge in [-0.15, -0.1) is 0 Å². The molecule has 0 heterocycles. The molecule has 2 N–H and O–H groups in total. The van der Waals surface area contributed by atoms with Crippen molar-refractivity contribution in [1.29, 1.82) is 0 Å². The second-order valence-corrected chi connectivity index (χ2v) is 1.02. The van der Waals surface area contributed by atoms with Crippen molar-refractivity contribution >= 4 is 6.72 Å². The normalized spacial score (nSPS) is 4.60. The smallest absolute Gasteiger partial charge is 0.0216 e. The summed E-state index contributed by atoms with van der Waals surface area (Å²) < 4.78 is 0. The van der Waals surface area contributed by atoms with Crippen molar-refractivity contribution in [2.45, 2.75) is 0 Å². The number of hydrogen-bond acceptors (Lipinski definition) is 2. The Morgan fingerprint density at radius 3 is 1.80 bits per heavy atom. The Morgan fingerprint density at radius 1 is 1.50 bits per heavy atom. The monoisotopic (exact) mass is 244 g/mol. The molecule has 0 saturated carbocycles. The quantitative estimate of drug-likeness (QED) is 0.316. The molecule has 0 aromatic rings. The van der Waals surface area contributed by atoms with Gasteiger partial charge in [0.1, 0.15) is 0 Å². The second kappa shape index (κ2) is 22.6. The first-order chi connectivity index (χ1) is 2.81. The summed E-state index contributed by atoms with van der Waals surface area (Å²) >= 11 is 0. The van der Waals surface area contributed by atoms with E-state index in [-0.39, 0.29) is 52.5 Å². The van der Waals surface area contributed by atoms with Gasteiger partial charge in [0.15, 0.2) is 0 Å². The third-order valence-electron chi connectivity index (χ3n) is 0.565. The molecule has 0 atom stereocenters. The van der Waals surface area contributed by atoms with Gasteiger partial charge in [0.25, 0.3) is 0 Å². The van der Waals surface area contributed by atoms with Gasteiger partial charge in [0, 0.05) is 52.7 Å². The summed E-state index contributed by atoms with van der Waals surface area (Å²) in [7, 11) is 1.82. The summed E-state index contributed by atoms with van der Waals surface area (Å²) in [6.45, 7) is 7.50. The van der Waals surface area contributed by atoms with Crippen LogP contribution in [0.25, 0.3) is 6.15 Å². The van der Waals surface area contributed by atoms with Crippen LogP contribution in [-0.2, 0) is 39.0 Å². The second-order valence-electron chi connectivity index (χ2n) is 1.02. The minimum atomic E-state index is 0. The minimum absolute atomic E-state index is 0. The molecule has 0 unspecified atom stereocenters. The molecule has 5 heteroatoms. The summed E-state index contributed by atoms with van der Waals surface area (Å²) in [5.41, 5.74) is 0. The molecule has 56 valence electrons. The zero-order chi connectivity index (χ0) is 4.99. The van der Waals surface area contributed by atoms with Gasteiger partial charge in [-0.2, -0.15) is 5.10 Å². The Hall–Kier alpha value is 0.677. The Kier molecular flexibility index (Phi) is 70.1. The predicted molar refractivity (Wildman–Crippen MR) is 39.2 cm³/mol. The molecule has 0 aromatic carbocycles. The van der Waals surface area contributed by atoms with Gasteiger partial charge in [-0.3, -0.25) is 0 Å². The summed E-state index contributed by atoms with van der Waals surface area (Å²) in [6.07, 6.45) is 0. The predicted octanol–water partition coefficient (Wildman–Crippen LogP) is 1.53. The first-order valence-electron chi connectivity index (χ1n) is 1.78. The molecule has 0 spiro atoms. The molecule has 0 fully saturated rings. The maximum atomic E-state index is 3.55. The molecule has 0 rings (SSSR count). The van der Waals surface area contributed by atoms with Crippen LogP contribution in [0.4, 0.5) is 0 Å². The van der Waals surface area contributed by atoms with Gasteiger partial charge in [-0.25, -0.2) is 0 Å². The topological polar surface area (TPSA) is 49.1 Å². The third kappa shape index (κ3) is 23.4. The van der Waals surface area contributed by atoms with E-state index >= 15 is 0 Å². The molecule has 0 bridgehead atoms. The van der Waals surface area contributed by atoms with Crippen LogP contribution in [-0.4, -0.2) is 25.3 Å². The molecule has 10 heavy (non-hydrogen) atoms. The molecule has 0 aliphatic heterocycles. The van der Waals surface area contributed by atoms with Crippen LogP contribution in [0.5, 0.6) is 0 Å². The van der Waals surface area contributed by atoms with Gasteiger partial charge < -0.3 is 25.5 Å².